The van der Waals surface area contributed by atoms with Crippen LogP contribution >= 0.6 is 0 Å². The molecule has 3 aromatic rings. The van der Waals surface area contributed by atoms with E-state index in [-0.39, 0.29) is 5.69 Å². The van der Waals surface area contributed by atoms with E-state index in [0.29, 0.717) is 18.4 Å². The van der Waals surface area contributed by atoms with E-state index in [2.05, 4.69) is 42.5 Å². The first kappa shape index (κ1) is 17.5. The van der Waals surface area contributed by atoms with Crippen LogP contribution in [0.4, 0.5) is 0 Å². The number of rotatable bonds is 6. The summed E-state index contributed by atoms with van der Waals surface area (Å²) in [6.45, 7) is 4.66. The number of ether oxygens (including phenoxy) is 1. The van der Waals surface area contributed by atoms with Crippen molar-refractivity contribution in [2.75, 3.05) is 0 Å². The monoisotopic (exact) mass is 364 g/mol. The maximum Gasteiger partial charge on any atom is 0.368 e. The largest absolute Gasteiger partial charge is 0.489 e. The van der Waals surface area contributed by atoms with Gasteiger partial charge in [-0.15, -0.1) is 0 Å². The molecule has 6 nitrogen and oxygen atoms in total. The van der Waals surface area contributed by atoms with Gasteiger partial charge in [-0.05, 0) is 58.4 Å². The Kier molecular flexibility index (Phi) is 4.56. The van der Waals surface area contributed by atoms with Gasteiger partial charge in [0.15, 0.2) is 0 Å². The summed E-state index contributed by atoms with van der Waals surface area (Å²) in [5, 5.41) is 7.87. The Morgan fingerprint density at radius 2 is 1.89 bits per heavy atom. The van der Waals surface area contributed by atoms with Crippen LogP contribution in [0.3, 0.4) is 0 Å². The minimum atomic E-state index is -0.268. The molecule has 0 saturated heterocycles. The maximum absolute atomic E-state index is 12.4. The summed E-state index contributed by atoms with van der Waals surface area (Å²) >= 11 is 0. The van der Waals surface area contributed by atoms with Gasteiger partial charge in [0.2, 0.25) is 0 Å². The smallest absolute Gasteiger partial charge is 0.368 e. The molecule has 0 radical (unpaired) electrons. The highest BCUT2D eigenvalue weighted by molar-refractivity contribution is 5.47. The van der Waals surface area contributed by atoms with Crippen LogP contribution in [0.2, 0.25) is 0 Å². The molecule has 0 amide bonds. The molecule has 0 spiro atoms. The second kappa shape index (κ2) is 7.02. The minimum absolute atomic E-state index is 0.268. The molecule has 27 heavy (non-hydrogen) atoms. The number of tetrazole rings is 1. The zero-order valence-electron chi connectivity index (χ0n) is 15.9. The van der Waals surface area contributed by atoms with Crippen molar-refractivity contribution in [2.45, 2.75) is 45.1 Å². The zero-order chi connectivity index (χ0) is 19.0. The molecule has 1 aliphatic carbocycles. The van der Waals surface area contributed by atoms with Crippen molar-refractivity contribution in [1.29, 1.82) is 0 Å². The third-order valence-electron chi connectivity index (χ3n) is 5.07. The molecule has 0 bridgehead atoms. The van der Waals surface area contributed by atoms with Gasteiger partial charge in [0, 0.05) is 12.6 Å². The molecule has 6 heteroatoms. The lowest BCUT2D eigenvalue weighted by Crippen LogP contribution is -2.23. The van der Waals surface area contributed by atoms with Crippen LogP contribution < -0.4 is 10.4 Å². The third kappa shape index (κ3) is 3.39. The van der Waals surface area contributed by atoms with Gasteiger partial charge in [0.25, 0.3) is 0 Å². The Bertz CT molecular complexity index is 1020. The second-order valence-electron chi connectivity index (χ2n) is 7.40. The van der Waals surface area contributed by atoms with Crippen LogP contribution in [0.1, 0.15) is 55.2 Å². The van der Waals surface area contributed by atoms with Crippen molar-refractivity contribution in [1.82, 2.24) is 19.8 Å². The molecule has 0 N–H and O–H groups in total. The van der Waals surface area contributed by atoms with Crippen molar-refractivity contribution in [3.05, 3.63) is 69.6 Å². The number of hydrogen-bond donors (Lipinski definition) is 0. The number of hydrogen-bond acceptors (Lipinski definition) is 4. The molecule has 140 valence electrons. The van der Waals surface area contributed by atoms with Crippen LogP contribution in [0, 0.1) is 0 Å². The van der Waals surface area contributed by atoms with Gasteiger partial charge >= 0.3 is 5.69 Å². The Labute approximate surface area is 158 Å². The average Bonchev–Trinajstić information content (AvgIpc) is 3.46. The SMILES string of the molecule is CC(C)c1cccc(-n2nnn(C)c2=O)c1COc1ccccc1C1CC1. The van der Waals surface area contributed by atoms with Crippen molar-refractivity contribution in [2.24, 2.45) is 7.05 Å². The molecule has 1 saturated carbocycles. The van der Waals surface area contributed by atoms with E-state index in [4.69, 9.17) is 4.74 Å². The highest BCUT2D eigenvalue weighted by Crippen LogP contribution is 2.44. The summed E-state index contributed by atoms with van der Waals surface area (Å²) in [5.74, 6) is 1.84. The molecular formula is C21H24N4O2. The zero-order valence-corrected chi connectivity index (χ0v) is 15.9. The molecule has 4 rings (SSSR count). The molecule has 1 aromatic heterocycles. The van der Waals surface area contributed by atoms with Gasteiger partial charge in [0.1, 0.15) is 12.4 Å². The fraction of sp³-hybridized carbons (Fsp3) is 0.381. The lowest BCUT2D eigenvalue weighted by atomic mass is 9.96. The molecule has 1 fully saturated rings. The van der Waals surface area contributed by atoms with Crippen molar-refractivity contribution >= 4 is 0 Å². The summed E-state index contributed by atoms with van der Waals surface area (Å²) < 4.78 is 8.83. The Morgan fingerprint density at radius 1 is 1.11 bits per heavy atom. The lowest BCUT2D eigenvalue weighted by Gasteiger charge is -2.18. The van der Waals surface area contributed by atoms with Gasteiger partial charge in [-0.1, -0.05) is 44.2 Å². The summed E-state index contributed by atoms with van der Waals surface area (Å²) in [7, 11) is 1.60. The lowest BCUT2D eigenvalue weighted by molar-refractivity contribution is 0.300. The predicted molar refractivity (Wildman–Crippen MR) is 103 cm³/mol. The van der Waals surface area contributed by atoms with Gasteiger partial charge in [-0.2, -0.15) is 9.36 Å². The Morgan fingerprint density at radius 3 is 2.56 bits per heavy atom. The quantitative estimate of drug-likeness (QED) is 0.671. The van der Waals surface area contributed by atoms with Crippen LogP contribution in [-0.2, 0) is 13.7 Å². The first-order valence-electron chi connectivity index (χ1n) is 9.39. The molecule has 0 atom stereocenters. The number of para-hydroxylation sites is 1. The van der Waals surface area contributed by atoms with E-state index < -0.39 is 0 Å². The van der Waals surface area contributed by atoms with E-state index in [0.717, 1.165) is 22.6 Å². The highest BCUT2D eigenvalue weighted by Gasteiger charge is 2.26. The van der Waals surface area contributed by atoms with E-state index in [1.54, 1.807) is 7.05 Å². The van der Waals surface area contributed by atoms with Crippen LogP contribution in [0.5, 0.6) is 5.75 Å². The first-order chi connectivity index (χ1) is 13.1. The molecule has 2 aromatic carbocycles. The van der Waals surface area contributed by atoms with Crippen LogP contribution in [-0.4, -0.2) is 19.8 Å². The molecule has 0 unspecified atom stereocenters. The van der Waals surface area contributed by atoms with E-state index in [1.165, 1.54) is 27.8 Å². The van der Waals surface area contributed by atoms with E-state index in [9.17, 15) is 4.79 Å². The van der Waals surface area contributed by atoms with E-state index >= 15 is 0 Å². The van der Waals surface area contributed by atoms with Gasteiger partial charge < -0.3 is 4.74 Å². The predicted octanol–water partition coefficient (Wildman–Crippen LogP) is 3.55. The fourth-order valence-corrected chi connectivity index (χ4v) is 3.45. The Hall–Kier alpha value is -2.89. The summed E-state index contributed by atoms with van der Waals surface area (Å²) in [5.41, 5.74) is 3.85. The normalized spacial score (nSPS) is 13.9. The standard InChI is InChI=1S/C21H24N4O2/c1-14(2)16-8-6-9-19(25-21(26)24(3)22-23-25)18(16)13-27-20-10-5-4-7-17(20)15-11-12-15/h4-10,14-15H,11-13H2,1-3H3. The first-order valence-corrected chi connectivity index (χ1v) is 9.39. The average molecular weight is 364 g/mol. The number of aryl methyl sites for hydroxylation is 1. The second-order valence-corrected chi connectivity index (χ2v) is 7.40. The van der Waals surface area contributed by atoms with Crippen molar-refractivity contribution in [3.63, 3.8) is 0 Å². The number of nitrogens with zero attached hydrogens (tertiary/aromatic N) is 4. The van der Waals surface area contributed by atoms with Gasteiger partial charge in [-0.3, -0.25) is 0 Å². The number of aromatic nitrogens is 4. The summed E-state index contributed by atoms with van der Waals surface area (Å²) in [6, 6.07) is 14.2. The van der Waals surface area contributed by atoms with Crippen molar-refractivity contribution in [3.8, 4) is 11.4 Å². The maximum atomic E-state index is 12.4. The topological polar surface area (TPSA) is 61.9 Å². The van der Waals surface area contributed by atoms with Crippen molar-refractivity contribution < 1.29 is 4.74 Å². The highest BCUT2D eigenvalue weighted by atomic mass is 16.5. The minimum Gasteiger partial charge on any atom is -0.489 e. The molecule has 1 aliphatic rings. The van der Waals surface area contributed by atoms with Gasteiger partial charge in [0.05, 0.1) is 5.69 Å². The molecule has 0 aliphatic heterocycles. The Balaban J connectivity index is 1.73. The summed E-state index contributed by atoms with van der Waals surface area (Å²) in [4.78, 5) is 12.4. The summed E-state index contributed by atoms with van der Waals surface area (Å²) in [6.07, 6.45) is 2.45. The third-order valence-corrected chi connectivity index (χ3v) is 5.07. The van der Waals surface area contributed by atoms with Gasteiger partial charge in [-0.25, -0.2) is 4.79 Å². The van der Waals surface area contributed by atoms with Crippen LogP contribution in [0.15, 0.2) is 47.3 Å². The molecular weight excluding hydrogens is 340 g/mol. The van der Waals surface area contributed by atoms with E-state index in [1.807, 2.05) is 24.3 Å². The molecule has 1 heterocycles. The van der Waals surface area contributed by atoms with Crippen LogP contribution in [0.25, 0.3) is 5.69 Å². The fourth-order valence-electron chi connectivity index (χ4n) is 3.45. The number of benzene rings is 2.